The van der Waals surface area contributed by atoms with E-state index >= 15 is 0 Å². The molecule has 0 radical (unpaired) electrons. The van der Waals surface area contributed by atoms with E-state index in [1.54, 1.807) is 17.0 Å². The number of fused-ring (bicyclic) bond motifs is 2. The number of ketones is 1. The fourth-order valence-electron chi connectivity index (χ4n) is 6.93. The monoisotopic (exact) mass is 872 g/mol. The molecule has 0 spiro atoms. The number of hydrogen-bond donors (Lipinski definition) is 4. The number of aliphatic hydroxyl groups excluding tert-OH is 1. The number of aliphatic hydroxyl groups is 1. The molecular formula is C48H77N3O11. The molecule has 350 valence electrons. The van der Waals surface area contributed by atoms with Crippen molar-refractivity contribution in [1.29, 1.82) is 0 Å². The largest absolute Gasteiger partial charge is 0.508 e. The van der Waals surface area contributed by atoms with Gasteiger partial charge in [0, 0.05) is 36.3 Å². The van der Waals surface area contributed by atoms with Crippen molar-refractivity contribution < 1.29 is 53.1 Å². The summed E-state index contributed by atoms with van der Waals surface area (Å²) in [5.74, 6) is -1.14. The lowest BCUT2D eigenvalue weighted by Crippen LogP contribution is -2.42. The molecule has 0 bridgehead atoms. The zero-order valence-electron chi connectivity index (χ0n) is 40.0. The highest BCUT2D eigenvalue weighted by atomic mass is 16.7. The van der Waals surface area contributed by atoms with Crippen molar-refractivity contribution in [2.75, 3.05) is 38.2 Å². The van der Waals surface area contributed by atoms with Crippen LogP contribution in [-0.2, 0) is 42.9 Å². The van der Waals surface area contributed by atoms with Gasteiger partial charge in [-0.25, -0.2) is 0 Å². The van der Waals surface area contributed by atoms with Gasteiger partial charge in [-0.2, -0.15) is 0 Å². The number of likely N-dealkylation sites (tertiary alicyclic amines) is 1. The molecule has 0 saturated carbocycles. The Kier molecular flexibility index (Phi) is 24.0. The number of amides is 2. The minimum atomic E-state index is -0.820. The molecule has 2 amide bonds. The van der Waals surface area contributed by atoms with Gasteiger partial charge in [-0.3, -0.25) is 24.0 Å². The fourth-order valence-corrected chi connectivity index (χ4v) is 6.93. The van der Waals surface area contributed by atoms with Gasteiger partial charge in [-0.1, -0.05) is 68.7 Å². The average molecular weight is 872 g/mol. The number of nitrogens with one attached hydrogen (secondary N) is 2. The van der Waals surface area contributed by atoms with E-state index in [4.69, 9.17) is 18.9 Å². The predicted octanol–water partition coefficient (Wildman–Crippen LogP) is 8.02. The highest BCUT2D eigenvalue weighted by Crippen LogP contribution is 2.44. The summed E-state index contributed by atoms with van der Waals surface area (Å²) in [4.78, 5) is 60.4. The second-order valence-electron chi connectivity index (χ2n) is 17.0. The van der Waals surface area contributed by atoms with Gasteiger partial charge in [0.2, 0.25) is 12.3 Å². The van der Waals surface area contributed by atoms with Gasteiger partial charge in [0.15, 0.2) is 6.29 Å². The lowest BCUT2D eigenvalue weighted by molar-refractivity contribution is -0.251. The molecule has 3 aliphatic rings. The molecule has 4 unspecified atom stereocenters. The minimum absolute atomic E-state index is 0.00770. The first-order chi connectivity index (χ1) is 29.2. The van der Waals surface area contributed by atoms with Gasteiger partial charge in [0.05, 0.1) is 36.8 Å². The normalized spacial score (nSPS) is 18.5. The van der Waals surface area contributed by atoms with Gasteiger partial charge < -0.3 is 44.7 Å². The van der Waals surface area contributed by atoms with E-state index in [0.29, 0.717) is 19.6 Å². The molecule has 0 aliphatic carbocycles. The smallest absolute Gasteiger partial charge is 0.313 e. The third-order valence-corrected chi connectivity index (χ3v) is 9.91. The summed E-state index contributed by atoms with van der Waals surface area (Å²) in [5.41, 5.74) is 6.22. The van der Waals surface area contributed by atoms with Crippen LogP contribution in [0.2, 0.25) is 0 Å². The van der Waals surface area contributed by atoms with Crippen LogP contribution in [0.5, 0.6) is 5.75 Å². The first-order valence-corrected chi connectivity index (χ1v) is 22.2. The van der Waals surface area contributed by atoms with Crippen LogP contribution in [0.25, 0.3) is 5.57 Å². The van der Waals surface area contributed by atoms with Crippen molar-refractivity contribution in [3.8, 4) is 5.75 Å². The average Bonchev–Trinajstić information content (AvgIpc) is 3.57. The third-order valence-electron chi connectivity index (χ3n) is 9.91. The number of carbonyl (C=O) groups is 5. The van der Waals surface area contributed by atoms with Crippen LogP contribution in [0.3, 0.4) is 0 Å². The number of cyclic esters (lactones) is 1. The number of phenolic OH excluding ortho intramolecular Hbond substituents is 1. The summed E-state index contributed by atoms with van der Waals surface area (Å²) in [6.07, 6.45) is 4.50. The van der Waals surface area contributed by atoms with E-state index in [2.05, 4.69) is 24.5 Å². The fraction of sp³-hybridized carbons (Fsp3) is 0.646. The summed E-state index contributed by atoms with van der Waals surface area (Å²) in [5, 5.41) is 25.6. The minimum Gasteiger partial charge on any atom is -0.508 e. The summed E-state index contributed by atoms with van der Waals surface area (Å²) in [6, 6.07) is 5.18. The topological polar surface area (TPSA) is 190 Å². The third kappa shape index (κ3) is 17.3. The SMILES string of the molecule is CC.CC.CC(=O)CNC(=O)CCCC(=O)OCC(OC(CO)C(C)(C)C)OC(C)(C)C.CCCC1C(=O)OCC(C)=C1/C=C1/C2Nc3ccc(O)cc3C(CC)=C2CN1C=O. The summed E-state index contributed by atoms with van der Waals surface area (Å²) in [6.45, 7) is 27.4. The van der Waals surface area contributed by atoms with Crippen LogP contribution < -0.4 is 10.6 Å². The molecule has 0 aromatic heterocycles. The number of rotatable bonds is 17. The molecule has 3 aliphatic heterocycles. The molecule has 4 atom stereocenters. The van der Waals surface area contributed by atoms with Crippen LogP contribution >= 0.6 is 0 Å². The Morgan fingerprint density at radius 3 is 2.27 bits per heavy atom. The van der Waals surface area contributed by atoms with Crippen LogP contribution in [0.15, 0.2) is 46.7 Å². The van der Waals surface area contributed by atoms with Crippen LogP contribution in [0.4, 0.5) is 5.69 Å². The lowest BCUT2D eigenvalue weighted by Gasteiger charge is -2.35. The lowest BCUT2D eigenvalue weighted by atomic mass is 9.86. The molecule has 4 N–H and O–H groups in total. The van der Waals surface area contributed by atoms with Gasteiger partial charge in [0.25, 0.3) is 0 Å². The first-order valence-electron chi connectivity index (χ1n) is 22.2. The Balaban J connectivity index is 0.000000576. The van der Waals surface area contributed by atoms with E-state index < -0.39 is 24.0 Å². The summed E-state index contributed by atoms with van der Waals surface area (Å²) >= 11 is 0. The second-order valence-corrected chi connectivity index (χ2v) is 17.0. The van der Waals surface area contributed by atoms with E-state index in [0.717, 1.165) is 64.9 Å². The van der Waals surface area contributed by atoms with E-state index in [-0.39, 0.29) is 73.4 Å². The number of allylic oxidation sites excluding steroid dienone is 2. The van der Waals surface area contributed by atoms with Crippen molar-refractivity contribution >= 4 is 41.3 Å². The number of Topliss-reactive ketones (excluding diaryl/α,β-unsaturated/α-hetero) is 1. The van der Waals surface area contributed by atoms with Crippen molar-refractivity contribution in [2.45, 2.75) is 159 Å². The number of esters is 2. The number of carbonyl (C=O) groups excluding carboxylic acids is 5. The van der Waals surface area contributed by atoms with Crippen molar-refractivity contribution in [2.24, 2.45) is 11.3 Å². The van der Waals surface area contributed by atoms with Crippen LogP contribution in [0.1, 0.15) is 141 Å². The molecular weight excluding hydrogens is 795 g/mol. The Hall–Kier alpha value is -4.53. The van der Waals surface area contributed by atoms with Gasteiger partial charge in [-0.05, 0) is 106 Å². The Morgan fingerprint density at radius 1 is 1.06 bits per heavy atom. The van der Waals surface area contributed by atoms with Crippen molar-refractivity contribution in [1.82, 2.24) is 10.2 Å². The number of anilines is 1. The molecule has 1 aromatic carbocycles. The number of hydrogen-bond acceptors (Lipinski definition) is 12. The molecule has 4 rings (SSSR count). The first kappa shape index (κ1) is 55.5. The maximum absolute atomic E-state index is 12.4. The van der Waals surface area contributed by atoms with Crippen molar-refractivity contribution in [3.63, 3.8) is 0 Å². The van der Waals surface area contributed by atoms with Gasteiger partial charge in [0.1, 0.15) is 24.7 Å². The maximum atomic E-state index is 12.4. The van der Waals surface area contributed by atoms with E-state index in [1.807, 2.05) is 88.3 Å². The molecule has 1 fully saturated rings. The van der Waals surface area contributed by atoms with Crippen molar-refractivity contribution in [3.05, 3.63) is 52.3 Å². The Labute approximate surface area is 370 Å². The zero-order chi connectivity index (χ0) is 47.4. The number of phenols is 1. The quantitative estimate of drug-likeness (QED) is 0.0511. The van der Waals surface area contributed by atoms with Crippen LogP contribution in [0, 0.1) is 11.3 Å². The Morgan fingerprint density at radius 2 is 1.73 bits per heavy atom. The predicted molar refractivity (Wildman–Crippen MR) is 243 cm³/mol. The zero-order valence-corrected chi connectivity index (χ0v) is 40.0. The highest BCUT2D eigenvalue weighted by molar-refractivity contribution is 5.87. The maximum Gasteiger partial charge on any atom is 0.313 e. The number of aromatic hydroxyl groups is 1. The highest BCUT2D eigenvalue weighted by Gasteiger charge is 2.39. The summed E-state index contributed by atoms with van der Waals surface area (Å²) in [7, 11) is 0. The number of benzene rings is 1. The molecule has 14 nitrogen and oxygen atoms in total. The molecule has 14 heteroatoms. The van der Waals surface area contributed by atoms with Gasteiger partial charge >= 0.3 is 11.9 Å². The second kappa shape index (κ2) is 26.8. The number of ether oxygens (including phenoxy) is 4. The summed E-state index contributed by atoms with van der Waals surface area (Å²) < 4.78 is 22.2. The molecule has 3 heterocycles. The molecule has 1 aromatic rings. The standard InChI is InChI=1S/C24H28N2O4.C20H37NO7.2C2H6/c1-4-6-17-18(14(3)12-30-24(17)29)10-22-23-20(11-26(22)13-27)16(5-2)19-9-15(28)7-8-21(19)25-23;1-14(23)11-21-16(24)9-8-10-17(25)26-13-18(28-20(5,6)7)27-15(12-22)19(2,3)4;2*1-2/h7-10,13,17,23,25,28H,4-6,11-12H2,1-3H3;15,18,22H,8-13H2,1-7H3,(H,21,24);2*1-2H3/b22-10-;;;. The molecule has 62 heavy (non-hydrogen) atoms. The van der Waals surface area contributed by atoms with Gasteiger partial charge in [-0.15, -0.1) is 0 Å². The molecule has 1 saturated heterocycles. The Bertz CT molecular complexity index is 1740. The van der Waals surface area contributed by atoms with E-state index in [9.17, 15) is 34.2 Å². The van der Waals surface area contributed by atoms with Crippen LogP contribution in [-0.4, -0.2) is 102 Å². The number of nitrogens with zero attached hydrogens (tertiary/aromatic N) is 1. The van der Waals surface area contributed by atoms with E-state index in [1.165, 1.54) is 6.92 Å².